The van der Waals surface area contributed by atoms with Crippen LogP contribution in [0.25, 0.3) is 0 Å². The highest BCUT2D eigenvalue weighted by Crippen LogP contribution is 2.27. The lowest BCUT2D eigenvalue weighted by atomic mass is 10.2. The Morgan fingerprint density at radius 1 is 1.42 bits per heavy atom. The summed E-state index contributed by atoms with van der Waals surface area (Å²) in [6, 6.07) is 3.59. The van der Waals surface area contributed by atoms with Crippen molar-refractivity contribution in [2.24, 2.45) is 5.92 Å². The number of ether oxygens (including phenoxy) is 1. The van der Waals surface area contributed by atoms with Crippen molar-refractivity contribution in [3.05, 3.63) is 29.6 Å². The summed E-state index contributed by atoms with van der Waals surface area (Å²) in [5.41, 5.74) is -0.296. The molecule has 1 saturated carbocycles. The molecule has 0 radical (unpaired) electrons. The largest absolute Gasteiger partial charge is 0.480 e. The summed E-state index contributed by atoms with van der Waals surface area (Å²) < 4.78 is 18.4. The molecule has 1 aliphatic rings. The van der Waals surface area contributed by atoms with Gasteiger partial charge in [0.1, 0.15) is 5.56 Å². The summed E-state index contributed by atoms with van der Waals surface area (Å²) in [7, 11) is 0. The minimum atomic E-state index is -1.30. The van der Waals surface area contributed by atoms with Gasteiger partial charge in [-0.3, -0.25) is 4.79 Å². The lowest BCUT2D eigenvalue weighted by Gasteiger charge is -2.10. The van der Waals surface area contributed by atoms with Gasteiger partial charge < -0.3 is 15.2 Å². The van der Waals surface area contributed by atoms with Crippen LogP contribution in [0.2, 0.25) is 0 Å². The second-order valence-electron chi connectivity index (χ2n) is 4.46. The molecule has 2 rings (SSSR count). The van der Waals surface area contributed by atoms with Gasteiger partial charge in [0, 0.05) is 6.54 Å². The zero-order chi connectivity index (χ0) is 13.8. The smallest absolute Gasteiger partial charge is 0.339 e. The van der Waals surface area contributed by atoms with Gasteiger partial charge in [0.05, 0.1) is 0 Å². The third-order valence-electron chi connectivity index (χ3n) is 2.83. The first-order chi connectivity index (χ1) is 9.08. The van der Waals surface area contributed by atoms with E-state index in [9.17, 15) is 14.0 Å². The van der Waals surface area contributed by atoms with E-state index in [1.165, 1.54) is 12.1 Å². The molecular formula is C13H14FNO4. The predicted octanol–water partition coefficient (Wildman–Crippen LogP) is 1.43. The highest BCUT2D eigenvalue weighted by molar-refractivity contribution is 5.91. The van der Waals surface area contributed by atoms with Crippen molar-refractivity contribution in [1.29, 1.82) is 0 Å². The number of carboxylic acids is 1. The molecule has 2 N–H and O–H groups in total. The predicted molar refractivity (Wildman–Crippen MR) is 64.6 cm³/mol. The monoisotopic (exact) mass is 267 g/mol. The zero-order valence-corrected chi connectivity index (χ0v) is 10.2. The summed E-state index contributed by atoms with van der Waals surface area (Å²) >= 11 is 0. The molecule has 1 aliphatic carbocycles. The maximum atomic E-state index is 13.5. The molecule has 0 bridgehead atoms. The van der Waals surface area contributed by atoms with Gasteiger partial charge >= 0.3 is 5.97 Å². The SMILES string of the molecule is O=C(COc1c(F)cccc1C(=O)O)NCC1CC1. The Kier molecular flexibility index (Phi) is 3.99. The van der Waals surface area contributed by atoms with E-state index in [1.54, 1.807) is 0 Å². The highest BCUT2D eigenvalue weighted by atomic mass is 19.1. The molecule has 102 valence electrons. The molecule has 0 spiro atoms. The molecule has 0 saturated heterocycles. The van der Waals surface area contributed by atoms with Crippen LogP contribution >= 0.6 is 0 Å². The second kappa shape index (κ2) is 5.69. The van der Waals surface area contributed by atoms with E-state index in [-0.39, 0.29) is 11.5 Å². The van der Waals surface area contributed by atoms with Crippen LogP contribution < -0.4 is 10.1 Å². The number of aromatic carboxylic acids is 1. The molecule has 0 heterocycles. The van der Waals surface area contributed by atoms with Crippen LogP contribution in [-0.4, -0.2) is 30.1 Å². The molecule has 1 fully saturated rings. The van der Waals surface area contributed by atoms with Gasteiger partial charge in [0.15, 0.2) is 18.2 Å². The number of carboxylic acid groups (broad SMARTS) is 1. The lowest BCUT2D eigenvalue weighted by molar-refractivity contribution is -0.123. The van der Waals surface area contributed by atoms with E-state index in [0.29, 0.717) is 12.5 Å². The van der Waals surface area contributed by atoms with Crippen molar-refractivity contribution < 1.29 is 23.8 Å². The van der Waals surface area contributed by atoms with Crippen LogP contribution in [-0.2, 0) is 4.79 Å². The third-order valence-corrected chi connectivity index (χ3v) is 2.83. The van der Waals surface area contributed by atoms with Gasteiger partial charge in [-0.1, -0.05) is 6.07 Å². The molecule has 1 aromatic rings. The molecule has 0 aromatic heterocycles. The molecule has 19 heavy (non-hydrogen) atoms. The molecule has 0 aliphatic heterocycles. The zero-order valence-electron chi connectivity index (χ0n) is 10.2. The molecule has 0 unspecified atom stereocenters. The standard InChI is InChI=1S/C13H14FNO4/c14-10-3-1-2-9(13(17)18)12(10)19-7-11(16)15-6-8-4-5-8/h1-3,8H,4-7H2,(H,15,16)(H,17,18). The Hall–Kier alpha value is -2.11. The Morgan fingerprint density at radius 3 is 2.79 bits per heavy atom. The summed E-state index contributed by atoms with van der Waals surface area (Å²) in [4.78, 5) is 22.3. The second-order valence-corrected chi connectivity index (χ2v) is 4.46. The maximum absolute atomic E-state index is 13.5. The van der Waals surface area contributed by atoms with Gasteiger partial charge in [-0.15, -0.1) is 0 Å². The van der Waals surface area contributed by atoms with E-state index < -0.39 is 24.1 Å². The average Bonchev–Trinajstić information content (AvgIpc) is 3.18. The van der Waals surface area contributed by atoms with Crippen molar-refractivity contribution in [2.45, 2.75) is 12.8 Å². The number of benzene rings is 1. The number of halogens is 1. The van der Waals surface area contributed by atoms with E-state index in [4.69, 9.17) is 9.84 Å². The molecule has 5 nitrogen and oxygen atoms in total. The highest BCUT2D eigenvalue weighted by Gasteiger charge is 2.22. The summed E-state index contributed by atoms with van der Waals surface area (Å²) in [5, 5.41) is 11.5. The van der Waals surface area contributed by atoms with Crippen LogP contribution in [0, 0.1) is 11.7 Å². The Balaban J connectivity index is 1.94. The minimum Gasteiger partial charge on any atom is -0.480 e. The normalized spacial score (nSPS) is 13.9. The third kappa shape index (κ3) is 3.67. The number of carbonyl (C=O) groups is 2. The van der Waals surface area contributed by atoms with Gasteiger partial charge in [0.2, 0.25) is 0 Å². The van der Waals surface area contributed by atoms with Crippen LogP contribution in [0.4, 0.5) is 4.39 Å². The van der Waals surface area contributed by atoms with Gasteiger partial charge in [-0.2, -0.15) is 0 Å². The number of rotatable bonds is 6. The fourth-order valence-corrected chi connectivity index (χ4v) is 1.59. The molecule has 6 heteroatoms. The summed E-state index contributed by atoms with van der Waals surface area (Å²) in [6.45, 7) is 0.194. The fourth-order valence-electron chi connectivity index (χ4n) is 1.59. The van der Waals surface area contributed by atoms with Gasteiger partial charge in [0.25, 0.3) is 5.91 Å². The Bertz CT molecular complexity index is 499. The van der Waals surface area contributed by atoms with Gasteiger partial charge in [-0.05, 0) is 30.9 Å². The van der Waals surface area contributed by atoms with Crippen molar-refractivity contribution in [1.82, 2.24) is 5.32 Å². The first kappa shape index (κ1) is 13.3. The number of hydrogen-bond donors (Lipinski definition) is 2. The quantitative estimate of drug-likeness (QED) is 0.817. The molecule has 1 aromatic carbocycles. The van der Waals surface area contributed by atoms with Crippen molar-refractivity contribution >= 4 is 11.9 Å². The van der Waals surface area contributed by atoms with E-state index >= 15 is 0 Å². The summed E-state index contributed by atoms with van der Waals surface area (Å²) in [5.74, 6) is -2.35. The number of carbonyl (C=O) groups excluding carboxylic acids is 1. The first-order valence-corrected chi connectivity index (χ1v) is 5.99. The number of para-hydroxylation sites is 1. The minimum absolute atomic E-state index is 0.296. The van der Waals surface area contributed by atoms with Crippen LogP contribution in [0.15, 0.2) is 18.2 Å². The fraction of sp³-hybridized carbons (Fsp3) is 0.385. The van der Waals surface area contributed by atoms with E-state index in [2.05, 4.69) is 5.32 Å². The number of hydrogen-bond acceptors (Lipinski definition) is 3. The van der Waals surface area contributed by atoms with Gasteiger partial charge in [-0.25, -0.2) is 9.18 Å². The maximum Gasteiger partial charge on any atom is 0.339 e. The summed E-state index contributed by atoms with van der Waals surface area (Å²) in [6.07, 6.45) is 2.22. The van der Waals surface area contributed by atoms with Crippen LogP contribution in [0.3, 0.4) is 0 Å². The Labute approximate surface area is 109 Å². The number of amides is 1. The Morgan fingerprint density at radius 2 is 2.16 bits per heavy atom. The van der Waals surface area contributed by atoms with E-state index in [0.717, 1.165) is 18.9 Å². The average molecular weight is 267 g/mol. The van der Waals surface area contributed by atoms with Crippen molar-refractivity contribution in [3.8, 4) is 5.75 Å². The van der Waals surface area contributed by atoms with Crippen LogP contribution in [0.1, 0.15) is 23.2 Å². The lowest BCUT2D eigenvalue weighted by Crippen LogP contribution is -2.30. The van der Waals surface area contributed by atoms with E-state index in [1.807, 2.05) is 0 Å². The topological polar surface area (TPSA) is 75.6 Å². The molecule has 1 amide bonds. The first-order valence-electron chi connectivity index (χ1n) is 5.99. The van der Waals surface area contributed by atoms with Crippen molar-refractivity contribution in [2.75, 3.05) is 13.2 Å². The van der Waals surface area contributed by atoms with Crippen LogP contribution in [0.5, 0.6) is 5.75 Å². The van der Waals surface area contributed by atoms with Crippen molar-refractivity contribution in [3.63, 3.8) is 0 Å². The molecule has 0 atom stereocenters. The molecular weight excluding hydrogens is 253 g/mol. The number of nitrogens with one attached hydrogen (secondary N) is 1.